The Hall–Kier alpha value is -1.80. The molecule has 5 heteroatoms. The van der Waals surface area contributed by atoms with Crippen molar-refractivity contribution in [2.75, 3.05) is 43.6 Å². The van der Waals surface area contributed by atoms with Gasteiger partial charge in [0.2, 0.25) is 0 Å². The fourth-order valence-electron chi connectivity index (χ4n) is 1.93. The van der Waals surface area contributed by atoms with Crippen LogP contribution < -0.4 is 10.2 Å². The van der Waals surface area contributed by atoms with E-state index in [-0.39, 0.29) is 0 Å². The van der Waals surface area contributed by atoms with Gasteiger partial charge in [0.15, 0.2) is 0 Å². The van der Waals surface area contributed by atoms with E-state index >= 15 is 0 Å². The molecule has 1 aromatic heterocycles. The highest BCUT2D eigenvalue weighted by atomic mass is 16.5. The summed E-state index contributed by atoms with van der Waals surface area (Å²) in [7, 11) is 1.83. The fraction of sp³-hybridized carbons (Fsp3) is 0.500. The number of aryl methyl sites for hydroxylation is 1. The number of morpholine rings is 1. The van der Waals surface area contributed by atoms with Crippen LogP contribution in [0.25, 0.3) is 0 Å². The minimum absolute atomic E-state index is 0.658. The second kappa shape index (κ2) is 5.02. The molecule has 1 fully saturated rings. The van der Waals surface area contributed by atoms with Gasteiger partial charge < -0.3 is 15.0 Å². The van der Waals surface area contributed by atoms with E-state index in [9.17, 15) is 5.26 Å². The van der Waals surface area contributed by atoms with Crippen LogP contribution in [0.3, 0.4) is 0 Å². The van der Waals surface area contributed by atoms with Gasteiger partial charge >= 0.3 is 0 Å². The summed E-state index contributed by atoms with van der Waals surface area (Å²) < 4.78 is 5.31. The van der Waals surface area contributed by atoms with Gasteiger partial charge in [-0.05, 0) is 18.6 Å². The predicted molar refractivity (Wildman–Crippen MR) is 66.3 cm³/mol. The number of hydrogen-bond acceptors (Lipinski definition) is 5. The molecule has 1 N–H and O–H groups in total. The van der Waals surface area contributed by atoms with Crippen molar-refractivity contribution in [2.45, 2.75) is 6.92 Å². The van der Waals surface area contributed by atoms with Gasteiger partial charge in [0.25, 0.3) is 0 Å². The van der Waals surface area contributed by atoms with Crippen molar-refractivity contribution in [3.05, 3.63) is 17.2 Å². The normalized spacial score (nSPS) is 15.5. The molecule has 0 unspecified atom stereocenters. The van der Waals surface area contributed by atoms with Gasteiger partial charge in [0.05, 0.1) is 18.8 Å². The Morgan fingerprint density at radius 1 is 1.47 bits per heavy atom. The molecule has 90 valence electrons. The van der Waals surface area contributed by atoms with Gasteiger partial charge in [0, 0.05) is 20.1 Å². The van der Waals surface area contributed by atoms with E-state index < -0.39 is 0 Å². The number of nitrogens with one attached hydrogen (secondary N) is 1. The van der Waals surface area contributed by atoms with E-state index in [1.54, 1.807) is 0 Å². The first kappa shape index (κ1) is 11.7. The smallest absolute Gasteiger partial charge is 0.149 e. The summed E-state index contributed by atoms with van der Waals surface area (Å²) >= 11 is 0. The molecular formula is C12H16N4O. The van der Waals surface area contributed by atoms with Crippen molar-refractivity contribution in [3.8, 4) is 6.07 Å². The first-order chi connectivity index (χ1) is 8.26. The van der Waals surface area contributed by atoms with Crippen molar-refractivity contribution in [1.29, 1.82) is 5.26 Å². The zero-order chi connectivity index (χ0) is 12.3. The molecule has 1 aromatic rings. The Kier molecular flexibility index (Phi) is 3.45. The molecule has 0 saturated carbocycles. The Balaban J connectivity index is 2.42. The maximum atomic E-state index is 9.23. The number of nitriles is 1. The second-order valence-corrected chi connectivity index (χ2v) is 3.98. The first-order valence-electron chi connectivity index (χ1n) is 5.68. The summed E-state index contributed by atoms with van der Waals surface area (Å²) in [6.45, 7) is 4.89. The lowest BCUT2D eigenvalue weighted by molar-refractivity contribution is 0.122. The van der Waals surface area contributed by atoms with E-state index in [1.165, 1.54) is 0 Å². The van der Waals surface area contributed by atoms with Gasteiger partial charge in [-0.3, -0.25) is 0 Å². The quantitative estimate of drug-likeness (QED) is 0.828. The molecule has 0 spiro atoms. The van der Waals surface area contributed by atoms with Crippen LogP contribution in [0.4, 0.5) is 11.6 Å². The van der Waals surface area contributed by atoms with Crippen molar-refractivity contribution < 1.29 is 4.74 Å². The summed E-state index contributed by atoms with van der Waals surface area (Å²) in [6, 6.07) is 4.13. The van der Waals surface area contributed by atoms with Crippen molar-refractivity contribution in [1.82, 2.24) is 4.98 Å². The Labute approximate surface area is 101 Å². The lowest BCUT2D eigenvalue weighted by Gasteiger charge is -2.29. The van der Waals surface area contributed by atoms with Gasteiger partial charge in [-0.25, -0.2) is 4.98 Å². The number of rotatable bonds is 2. The third kappa shape index (κ3) is 2.32. The molecule has 2 heterocycles. The maximum absolute atomic E-state index is 9.23. The van der Waals surface area contributed by atoms with Crippen LogP contribution in [0.5, 0.6) is 0 Å². The molecule has 1 saturated heterocycles. The van der Waals surface area contributed by atoms with Crippen LogP contribution >= 0.6 is 0 Å². The van der Waals surface area contributed by atoms with E-state index in [1.807, 2.05) is 20.0 Å². The average molecular weight is 232 g/mol. The second-order valence-electron chi connectivity index (χ2n) is 3.98. The Morgan fingerprint density at radius 3 is 2.76 bits per heavy atom. The molecule has 0 amide bonds. The predicted octanol–water partition coefficient (Wildman–Crippen LogP) is 1.14. The van der Waals surface area contributed by atoms with Crippen LogP contribution in [0.2, 0.25) is 0 Å². The molecule has 2 rings (SSSR count). The van der Waals surface area contributed by atoms with Gasteiger partial charge in [-0.1, -0.05) is 0 Å². The SMILES string of the molecule is CNc1cc(C)c(C#N)c(N2CCOCC2)n1. The molecule has 0 aromatic carbocycles. The summed E-state index contributed by atoms with van der Waals surface area (Å²) in [5, 5.41) is 12.2. The first-order valence-corrected chi connectivity index (χ1v) is 5.68. The van der Waals surface area contributed by atoms with Gasteiger partial charge in [0.1, 0.15) is 17.7 Å². The van der Waals surface area contributed by atoms with Crippen LogP contribution in [0.15, 0.2) is 6.07 Å². The molecule has 5 nitrogen and oxygen atoms in total. The lowest BCUT2D eigenvalue weighted by atomic mass is 10.1. The molecule has 0 radical (unpaired) electrons. The summed E-state index contributed by atoms with van der Waals surface area (Å²) in [6.07, 6.45) is 0. The van der Waals surface area contributed by atoms with Crippen molar-refractivity contribution >= 4 is 11.6 Å². The van der Waals surface area contributed by atoms with Crippen molar-refractivity contribution in [2.24, 2.45) is 0 Å². The lowest BCUT2D eigenvalue weighted by Crippen LogP contribution is -2.37. The molecule has 1 aliphatic heterocycles. The van der Waals surface area contributed by atoms with E-state index in [0.717, 1.165) is 30.3 Å². The topological polar surface area (TPSA) is 61.2 Å². The minimum atomic E-state index is 0.658. The highest BCUT2D eigenvalue weighted by Crippen LogP contribution is 2.24. The largest absolute Gasteiger partial charge is 0.378 e. The third-order valence-corrected chi connectivity index (χ3v) is 2.88. The Bertz CT molecular complexity index is 447. The summed E-state index contributed by atoms with van der Waals surface area (Å²) in [5.41, 5.74) is 1.61. The highest BCUT2D eigenvalue weighted by molar-refractivity contribution is 5.62. The molecular weight excluding hydrogens is 216 g/mol. The van der Waals surface area contributed by atoms with Crippen LogP contribution in [-0.2, 0) is 4.74 Å². The van der Waals surface area contributed by atoms with Gasteiger partial charge in [-0.15, -0.1) is 0 Å². The number of nitrogens with zero attached hydrogens (tertiary/aromatic N) is 3. The molecule has 0 bridgehead atoms. The molecule has 0 atom stereocenters. The van der Waals surface area contributed by atoms with Crippen LogP contribution in [0, 0.1) is 18.3 Å². The number of ether oxygens (including phenoxy) is 1. The van der Waals surface area contributed by atoms with E-state index in [0.29, 0.717) is 18.8 Å². The number of pyridine rings is 1. The van der Waals surface area contributed by atoms with Crippen LogP contribution in [0.1, 0.15) is 11.1 Å². The minimum Gasteiger partial charge on any atom is -0.378 e. The number of hydrogen-bond donors (Lipinski definition) is 1. The van der Waals surface area contributed by atoms with Crippen LogP contribution in [-0.4, -0.2) is 38.3 Å². The standard InChI is InChI=1S/C12H16N4O/c1-9-7-11(14-2)15-12(10(9)8-13)16-3-5-17-6-4-16/h7H,3-6H2,1-2H3,(H,14,15). The summed E-state index contributed by atoms with van der Waals surface area (Å²) in [5.74, 6) is 1.56. The van der Waals surface area contributed by atoms with Crippen molar-refractivity contribution in [3.63, 3.8) is 0 Å². The average Bonchev–Trinajstić information content (AvgIpc) is 2.38. The number of aromatic nitrogens is 1. The fourth-order valence-corrected chi connectivity index (χ4v) is 1.93. The summed E-state index contributed by atoms with van der Waals surface area (Å²) in [4.78, 5) is 6.59. The zero-order valence-electron chi connectivity index (χ0n) is 10.2. The maximum Gasteiger partial charge on any atom is 0.149 e. The van der Waals surface area contributed by atoms with E-state index in [4.69, 9.17) is 4.74 Å². The monoisotopic (exact) mass is 232 g/mol. The molecule has 0 aliphatic carbocycles. The number of anilines is 2. The van der Waals surface area contributed by atoms with Gasteiger partial charge in [-0.2, -0.15) is 5.26 Å². The third-order valence-electron chi connectivity index (χ3n) is 2.88. The highest BCUT2D eigenvalue weighted by Gasteiger charge is 2.18. The zero-order valence-corrected chi connectivity index (χ0v) is 10.2. The molecule has 1 aliphatic rings. The Morgan fingerprint density at radius 2 is 2.18 bits per heavy atom. The molecule has 17 heavy (non-hydrogen) atoms. The van der Waals surface area contributed by atoms with E-state index in [2.05, 4.69) is 21.3 Å².